The van der Waals surface area contributed by atoms with Crippen molar-refractivity contribution in [2.24, 2.45) is 0 Å². The molecular formula is C16H14N4O4S. The van der Waals surface area contributed by atoms with Crippen LogP contribution in [0.1, 0.15) is 16.1 Å². The van der Waals surface area contributed by atoms with E-state index in [1.807, 2.05) is 0 Å². The van der Waals surface area contributed by atoms with Gasteiger partial charge in [0, 0.05) is 5.56 Å². The summed E-state index contributed by atoms with van der Waals surface area (Å²) in [6, 6.07) is 10.3. The molecule has 0 bridgehead atoms. The lowest BCUT2D eigenvalue weighted by molar-refractivity contribution is -0.119. The minimum Gasteiger partial charge on any atom is -0.469 e. The molecule has 0 spiro atoms. The van der Waals surface area contributed by atoms with Crippen LogP contribution in [0, 0.1) is 6.92 Å². The molecule has 3 rings (SSSR count). The molecule has 0 aliphatic heterocycles. The van der Waals surface area contributed by atoms with Crippen LogP contribution in [-0.2, 0) is 4.79 Å². The number of aromatic nitrogens is 2. The number of furan rings is 1. The number of hydrogen-bond donors (Lipinski definition) is 2. The van der Waals surface area contributed by atoms with E-state index in [1.165, 1.54) is 6.26 Å². The topological polar surface area (TPSA) is 110 Å². The van der Waals surface area contributed by atoms with Crippen molar-refractivity contribution in [2.75, 3.05) is 5.75 Å². The van der Waals surface area contributed by atoms with Gasteiger partial charge in [-0.25, -0.2) is 0 Å². The molecule has 0 radical (unpaired) electrons. The third kappa shape index (κ3) is 4.27. The molecule has 1 aromatic carbocycles. The van der Waals surface area contributed by atoms with Gasteiger partial charge >= 0.3 is 0 Å². The van der Waals surface area contributed by atoms with Gasteiger partial charge in [-0.1, -0.05) is 30.0 Å². The van der Waals surface area contributed by atoms with Crippen molar-refractivity contribution in [3.8, 4) is 11.5 Å². The number of hydrogen-bond acceptors (Lipinski definition) is 7. The highest BCUT2D eigenvalue weighted by molar-refractivity contribution is 7.99. The van der Waals surface area contributed by atoms with Crippen LogP contribution in [0.15, 0.2) is 56.7 Å². The first-order valence-electron chi connectivity index (χ1n) is 7.28. The Hall–Kier alpha value is -3.07. The molecule has 2 amide bonds. The lowest BCUT2D eigenvalue weighted by atomic mass is 10.2. The van der Waals surface area contributed by atoms with E-state index in [9.17, 15) is 9.59 Å². The first-order chi connectivity index (χ1) is 12.1. The summed E-state index contributed by atoms with van der Waals surface area (Å²) >= 11 is 1.07. The van der Waals surface area contributed by atoms with Crippen molar-refractivity contribution in [1.82, 2.24) is 21.0 Å². The van der Waals surface area contributed by atoms with Gasteiger partial charge in [-0.15, -0.1) is 10.2 Å². The molecule has 8 nitrogen and oxygen atoms in total. The van der Waals surface area contributed by atoms with Crippen LogP contribution < -0.4 is 10.9 Å². The summed E-state index contributed by atoms with van der Waals surface area (Å²) in [5.41, 5.74) is 5.83. The van der Waals surface area contributed by atoms with Gasteiger partial charge in [-0.2, -0.15) is 0 Å². The van der Waals surface area contributed by atoms with Gasteiger partial charge in [0.2, 0.25) is 5.91 Å². The zero-order valence-corrected chi connectivity index (χ0v) is 14.0. The third-order valence-electron chi connectivity index (χ3n) is 3.17. The van der Waals surface area contributed by atoms with Crippen molar-refractivity contribution in [1.29, 1.82) is 0 Å². The Morgan fingerprint density at radius 3 is 2.64 bits per heavy atom. The minimum atomic E-state index is -0.395. The summed E-state index contributed by atoms with van der Waals surface area (Å²) in [6.07, 6.45) is 1.53. The molecule has 25 heavy (non-hydrogen) atoms. The summed E-state index contributed by atoms with van der Waals surface area (Å²) in [6.45, 7) is 1.79. The lowest BCUT2D eigenvalue weighted by Gasteiger charge is -2.06. The number of aryl methyl sites for hydroxylation is 1. The molecule has 3 aromatic rings. The van der Waals surface area contributed by atoms with Crippen molar-refractivity contribution in [3.05, 3.63) is 54.0 Å². The molecule has 0 aliphatic rings. The molecule has 0 aliphatic carbocycles. The maximum absolute atomic E-state index is 11.8. The number of nitrogens with zero attached hydrogens (tertiary/aromatic N) is 2. The first kappa shape index (κ1) is 16.8. The standard InChI is InChI=1S/C16H14N4O4S/c1-10-12(7-8-23-10)15-19-20-16(24-15)25-9-13(21)17-18-14(22)11-5-3-2-4-6-11/h2-8H,9H2,1H3,(H,17,21)(H,18,22). The summed E-state index contributed by atoms with van der Waals surface area (Å²) in [5.74, 6) is 0.220. The van der Waals surface area contributed by atoms with E-state index in [0.717, 1.165) is 11.8 Å². The second-order valence-corrected chi connectivity index (χ2v) is 5.85. The summed E-state index contributed by atoms with van der Waals surface area (Å²) in [7, 11) is 0. The smallest absolute Gasteiger partial charge is 0.277 e. The second-order valence-electron chi connectivity index (χ2n) is 4.92. The summed E-state index contributed by atoms with van der Waals surface area (Å²) in [4.78, 5) is 23.6. The highest BCUT2D eigenvalue weighted by atomic mass is 32.2. The molecule has 0 saturated carbocycles. The molecular weight excluding hydrogens is 344 g/mol. The molecule has 0 unspecified atom stereocenters. The molecule has 2 heterocycles. The summed E-state index contributed by atoms with van der Waals surface area (Å²) in [5, 5.41) is 8.03. The predicted octanol–water partition coefficient (Wildman–Crippen LogP) is 2.19. The first-order valence-corrected chi connectivity index (χ1v) is 8.27. The molecule has 2 aromatic heterocycles. The SMILES string of the molecule is Cc1occc1-c1nnc(SCC(=O)NNC(=O)c2ccccc2)o1. The Morgan fingerprint density at radius 2 is 1.92 bits per heavy atom. The Kier molecular flexibility index (Phi) is 5.14. The lowest BCUT2D eigenvalue weighted by Crippen LogP contribution is -2.42. The zero-order valence-electron chi connectivity index (χ0n) is 13.2. The van der Waals surface area contributed by atoms with Crippen LogP contribution in [0.2, 0.25) is 0 Å². The minimum absolute atomic E-state index is 0.0150. The van der Waals surface area contributed by atoms with E-state index in [-0.39, 0.29) is 11.0 Å². The summed E-state index contributed by atoms with van der Waals surface area (Å²) < 4.78 is 10.6. The number of carbonyl (C=O) groups is 2. The van der Waals surface area contributed by atoms with E-state index in [1.54, 1.807) is 43.3 Å². The fourth-order valence-corrected chi connectivity index (χ4v) is 2.50. The molecule has 0 saturated heterocycles. The zero-order chi connectivity index (χ0) is 17.6. The van der Waals surface area contributed by atoms with Gasteiger partial charge in [0.15, 0.2) is 0 Å². The van der Waals surface area contributed by atoms with Crippen LogP contribution in [0.3, 0.4) is 0 Å². The predicted molar refractivity (Wildman–Crippen MR) is 89.5 cm³/mol. The molecule has 2 N–H and O–H groups in total. The number of amides is 2. The monoisotopic (exact) mass is 358 g/mol. The Balaban J connectivity index is 1.47. The Labute approximate surface area is 147 Å². The fourth-order valence-electron chi connectivity index (χ4n) is 1.94. The van der Waals surface area contributed by atoms with Gasteiger partial charge in [0.1, 0.15) is 5.76 Å². The molecule has 9 heteroatoms. The highest BCUT2D eigenvalue weighted by Crippen LogP contribution is 2.26. The maximum Gasteiger partial charge on any atom is 0.277 e. The molecule has 0 atom stereocenters. The van der Waals surface area contributed by atoms with E-state index in [0.29, 0.717) is 22.8 Å². The Morgan fingerprint density at radius 1 is 1.12 bits per heavy atom. The van der Waals surface area contributed by atoms with E-state index < -0.39 is 11.8 Å². The number of nitrogens with one attached hydrogen (secondary N) is 2. The van der Waals surface area contributed by atoms with Crippen LogP contribution in [0.5, 0.6) is 0 Å². The average Bonchev–Trinajstić information content (AvgIpc) is 3.27. The Bertz CT molecular complexity index is 875. The fraction of sp³-hybridized carbons (Fsp3) is 0.125. The largest absolute Gasteiger partial charge is 0.469 e. The van der Waals surface area contributed by atoms with Crippen molar-refractivity contribution in [3.63, 3.8) is 0 Å². The number of hydrazine groups is 1. The van der Waals surface area contributed by atoms with Crippen molar-refractivity contribution in [2.45, 2.75) is 12.1 Å². The van der Waals surface area contributed by atoms with Gasteiger partial charge in [-0.3, -0.25) is 20.4 Å². The van der Waals surface area contributed by atoms with Crippen LogP contribution in [-0.4, -0.2) is 27.8 Å². The van der Waals surface area contributed by atoms with E-state index in [2.05, 4.69) is 21.0 Å². The van der Waals surface area contributed by atoms with E-state index in [4.69, 9.17) is 8.83 Å². The van der Waals surface area contributed by atoms with E-state index >= 15 is 0 Å². The van der Waals surface area contributed by atoms with Crippen molar-refractivity contribution < 1.29 is 18.4 Å². The van der Waals surface area contributed by atoms with Crippen molar-refractivity contribution >= 4 is 23.6 Å². The number of benzene rings is 1. The number of thioether (sulfide) groups is 1. The second kappa shape index (κ2) is 7.67. The molecule has 128 valence electrons. The normalized spacial score (nSPS) is 10.4. The van der Waals surface area contributed by atoms with Crippen LogP contribution >= 0.6 is 11.8 Å². The number of carbonyl (C=O) groups excluding carboxylic acids is 2. The van der Waals surface area contributed by atoms with Gasteiger partial charge in [-0.05, 0) is 25.1 Å². The van der Waals surface area contributed by atoms with Crippen LogP contribution in [0.25, 0.3) is 11.5 Å². The highest BCUT2D eigenvalue weighted by Gasteiger charge is 2.14. The van der Waals surface area contributed by atoms with Gasteiger partial charge in [0.05, 0.1) is 17.6 Å². The van der Waals surface area contributed by atoms with Gasteiger partial charge < -0.3 is 8.83 Å². The third-order valence-corrected chi connectivity index (χ3v) is 3.99. The average molecular weight is 358 g/mol. The van der Waals surface area contributed by atoms with Gasteiger partial charge in [0.25, 0.3) is 17.0 Å². The quantitative estimate of drug-likeness (QED) is 0.531. The molecule has 0 fully saturated rings. The van der Waals surface area contributed by atoms with Crippen LogP contribution in [0.4, 0.5) is 0 Å². The maximum atomic E-state index is 11.8. The number of rotatable bonds is 5.